The molecule has 2 rings (SSSR count). The zero-order valence-corrected chi connectivity index (χ0v) is 12.9. The minimum atomic E-state index is -1.01. The van der Waals surface area contributed by atoms with Gasteiger partial charge in [-0.2, -0.15) is 0 Å². The first kappa shape index (κ1) is 14.5. The average Bonchev–Trinajstić information content (AvgIpc) is 2.37. The van der Waals surface area contributed by atoms with Gasteiger partial charge in [-0.15, -0.1) is 0 Å². The van der Waals surface area contributed by atoms with Crippen LogP contribution in [0.5, 0.6) is 0 Å². The Labute approximate surface area is 126 Å². The Morgan fingerprint density at radius 1 is 1.30 bits per heavy atom. The lowest BCUT2D eigenvalue weighted by Crippen LogP contribution is -2.07. The predicted octanol–water partition coefficient (Wildman–Crippen LogP) is 3.77. The number of nitrogens with zero attached hydrogens (tertiary/aromatic N) is 1. The molecule has 5 heteroatoms. The lowest BCUT2D eigenvalue weighted by molar-refractivity contribution is 0.0690. The van der Waals surface area contributed by atoms with Crippen LogP contribution in [0.25, 0.3) is 0 Å². The number of aromatic nitrogens is 1. The van der Waals surface area contributed by atoms with E-state index in [1.54, 1.807) is 6.07 Å². The van der Waals surface area contributed by atoms with Gasteiger partial charge in [0.1, 0.15) is 5.69 Å². The summed E-state index contributed by atoms with van der Waals surface area (Å²) in [5, 5.41) is 12.2. The summed E-state index contributed by atoms with van der Waals surface area (Å²) < 4.78 is 1.05. The van der Waals surface area contributed by atoms with Gasteiger partial charge in [-0.3, -0.25) is 0 Å². The van der Waals surface area contributed by atoms with Gasteiger partial charge in [-0.25, -0.2) is 9.78 Å². The second-order valence-corrected chi connectivity index (χ2v) is 5.50. The molecule has 0 spiro atoms. The smallest absolute Gasteiger partial charge is 0.354 e. The molecule has 0 atom stereocenters. The maximum Gasteiger partial charge on any atom is 0.354 e. The molecule has 0 aliphatic heterocycles. The van der Waals surface area contributed by atoms with Crippen molar-refractivity contribution in [2.75, 3.05) is 5.32 Å². The third-order valence-electron chi connectivity index (χ3n) is 2.97. The summed E-state index contributed by atoms with van der Waals surface area (Å²) in [6, 6.07) is 9.08. The molecule has 20 heavy (non-hydrogen) atoms. The molecule has 0 saturated carbocycles. The van der Waals surface area contributed by atoms with E-state index in [-0.39, 0.29) is 5.69 Å². The fourth-order valence-corrected chi connectivity index (χ4v) is 2.75. The molecule has 1 aromatic heterocycles. The maximum absolute atomic E-state index is 10.9. The Bertz CT molecular complexity index is 633. The van der Waals surface area contributed by atoms with Crippen molar-refractivity contribution in [1.29, 1.82) is 0 Å². The number of hydrogen-bond donors (Lipinski definition) is 2. The number of aryl methyl sites for hydroxylation is 2. The number of carboxylic acids is 1. The van der Waals surface area contributed by atoms with Crippen LogP contribution in [0.4, 0.5) is 5.69 Å². The molecule has 1 heterocycles. The number of pyridine rings is 1. The van der Waals surface area contributed by atoms with Gasteiger partial charge in [-0.1, -0.05) is 22.0 Å². The Morgan fingerprint density at radius 2 is 1.95 bits per heavy atom. The normalized spacial score (nSPS) is 10.3. The number of carboxylic acid groups (broad SMARTS) is 1. The molecular formula is C15H15BrN2O2. The molecule has 0 amide bonds. The van der Waals surface area contributed by atoms with E-state index in [1.165, 1.54) is 6.07 Å². The van der Waals surface area contributed by atoms with Gasteiger partial charge >= 0.3 is 5.97 Å². The fraction of sp³-hybridized carbons (Fsp3) is 0.200. The van der Waals surface area contributed by atoms with E-state index < -0.39 is 5.97 Å². The third-order valence-corrected chi connectivity index (χ3v) is 3.43. The molecular weight excluding hydrogens is 320 g/mol. The van der Waals surface area contributed by atoms with Crippen molar-refractivity contribution >= 4 is 27.6 Å². The van der Waals surface area contributed by atoms with Gasteiger partial charge in [0.25, 0.3) is 0 Å². The Kier molecular flexibility index (Phi) is 4.39. The second-order valence-electron chi connectivity index (χ2n) is 4.59. The number of benzene rings is 1. The van der Waals surface area contributed by atoms with Gasteiger partial charge in [0.15, 0.2) is 0 Å². The van der Waals surface area contributed by atoms with Crippen molar-refractivity contribution in [3.63, 3.8) is 0 Å². The zero-order chi connectivity index (χ0) is 14.7. The summed E-state index contributed by atoms with van der Waals surface area (Å²) in [5.74, 6) is -1.01. The molecule has 0 fully saturated rings. The summed E-state index contributed by atoms with van der Waals surface area (Å²) in [7, 11) is 0. The number of hydrogen-bond acceptors (Lipinski definition) is 3. The Morgan fingerprint density at radius 3 is 2.55 bits per heavy atom. The van der Waals surface area contributed by atoms with E-state index in [2.05, 4.69) is 26.2 Å². The van der Waals surface area contributed by atoms with Crippen molar-refractivity contribution in [2.24, 2.45) is 0 Å². The van der Waals surface area contributed by atoms with Crippen LogP contribution in [0.15, 0.2) is 34.8 Å². The fourth-order valence-electron chi connectivity index (χ4n) is 2.07. The lowest BCUT2D eigenvalue weighted by Gasteiger charge is -2.13. The molecule has 0 saturated heterocycles. The van der Waals surface area contributed by atoms with Crippen molar-refractivity contribution < 1.29 is 9.90 Å². The van der Waals surface area contributed by atoms with Crippen molar-refractivity contribution in [3.05, 3.63) is 57.3 Å². The van der Waals surface area contributed by atoms with Crippen LogP contribution in [-0.2, 0) is 6.54 Å². The van der Waals surface area contributed by atoms with E-state index in [0.717, 1.165) is 21.3 Å². The Balaban J connectivity index is 2.17. The van der Waals surface area contributed by atoms with Gasteiger partial charge in [0, 0.05) is 10.2 Å². The van der Waals surface area contributed by atoms with Crippen molar-refractivity contribution in [1.82, 2.24) is 4.98 Å². The number of rotatable bonds is 4. The number of halogens is 1. The minimum absolute atomic E-state index is 0.0635. The molecule has 0 aliphatic carbocycles. The number of carbonyl (C=O) groups is 1. The summed E-state index contributed by atoms with van der Waals surface area (Å²) >= 11 is 3.46. The quantitative estimate of drug-likeness (QED) is 0.893. The van der Waals surface area contributed by atoms with Gasteiger partial charge < -0.3 is 10.4 Å². The highest BCUT2D eigenvalue weighted by molar-refractivity contribution is 9.10. The number of nitrogens with one attached hydrogen (secondary N) is 1. The molecule has 0 bridgehead atoms. The maximum atomic E-state index is 10.9. The van der Waals surface area contributed by atoms with Gasteiger partial charge in [-0.05, 0) is 49.2 Å². The van der Waals surface area contributed by atoms with E-state index in [1.807, 2.05) is 32.0 Å². The third kappa shape index (κ3) is 3.36. The molecule has 2 aromatic rings. The molecule has 4 nitrogen and oxygen atoms in total. The Hall–Kier alpha value is -1.88. The highest BCUT2D eigenvalue weighted by Crippen LogP contribution is 2.25. The van der Waals surface area contributed by atoms with Crippen molar-refractivity contribution in [2.45, 2.75) is 20.4 Å². The second kappa shape index (κ2) is 6.05. The molecule has 1 aromatic carbocycles. The minimum Gasteiger partial charge on any atom is -0.477 e. The number of anilines is 1. The topological polar surface area (TPSA) is 62.2 Å². The monoisotopic (exact) mass is 334 g/mol. The van der Waals surface area contributed by atoms with Crippen LogP contribution in [0, 0.1) is 13.8 Å². The van der Waals surface area contributed by atoms with Crippen LogP contribution in [0.3, 0.4) is 0 Å². The first-order valence-corrected chi connectivity index (χ1v) is 6.96. The highest BCUT2D eigenvalue weighted by Gasteiger charge is 2.07. The molecule has 104 valence electrons. The van der Waals surface area contributed by atoms with Crippen molar-refractivity contribution in [3.8, 4) is 0 Å². The largest absolute Gasteiger partial charge is 0.477 e. The van der Waals surface area contributed by atoms with E-state index >= 15 is 0 Å². The molecule has 0 aliphatic rings. The van der Waals surface area contributed by atoms with Crippen LogP contribution >= 0.6 is 15.9 Å². The molecule has 0 radical (unpaired) electrons. The summed E-state index contributed by atoms with van der Waals surface area (Å²) in [5.41, 5.74) is 4.08. The number of aromatic carboxylic acids is 1. The predicted molar refractivity (Wildman–Crippen MR) is 82.1 cm³/mol. The molecule has 2 N–H and O–H groups in total. The zero-order valence-electron chi connectivity index (χ0n) is 11.3. The first-order valence-electron chi connectivity index (χ1n) is 6.17. The van der Waals surface area contributed by atoms with Gasteiger partial charge in [0.05, 0.1) is 12.2 Å². The summed E-state index contributed by atoms with van der Waals surface area (Å²) in [4.78, 5) is 15.0. The van der Waals surface area contributed by atoms with E-state index in [4.69, 9.17) is 5.11 Å². The lowest BCUT2D eigenvalue weighted by atomic mass is 10.1. The van der Waals surface area contributed by atoms with Gasteiger partial charge in [0.2, 0.25) is 0 Å². The average molecular weight is 335 g/mol. The van der Waals surface area contributed by atoms with E-state index in [0.29, 0.717) is 12.2 Å². The highest BCUT2D eigenvalue weighted by atomic mass is 79.9. The van der Waals surface area contributed by atoms with E-state index in [9.17, 15) is 4.79 Å². The van der Waals surface area contributed by atoms with Crippen LogP contribution in [0.1, 0.15) is 27.3 Å². The summed E-state index contributed by atoms with van der Waals surface area (Å²) in [6.07, 6.45) is 0. The summed E-state index contributed by atoms with van der Waals surface area (Å²) in [6.45, 7) is 4.55. The van der Waals surface area contributed by atoms with Crippen LogP contribution < -0.4 is 5.32 Å². The standard InChI is InChI=1S/C15H15BrN2O2/c1-9-6-11(16)7-10(2)14(9)17-8-12-4-3-5-13(18-12)15(19)20/h3-7,17H,8H2,1-2H3,(H,19,20). The SMILES string of the molecule is Cc1cc(Br)cc(C)c1NCc1cccc(C(=O)O)n1. The molecule has 0 unspecified atom stereocenters. The first-order chi connectivity index (χ1) is 9.47. The van der Waals surface area contributed by atoms with Crippen LogP contribution in [-0.4, -0.2) is 16.1 Å². The van der Waals surface area contributed by atoms with Crippen LogP contribution in [0.2, 0.25) is 0 Å².